The van der Waals surface area contributed by atoms with Crippen LogP contribution in [0.25, 0.3) is 0 Å². The highest BCUT2D eigenvalue weighted by Crippen LogP contribution is 2.05. The maximum atomic E-state index is 11.2. The third kappa shape index (κ3) is 18.0. The molecule has 0 bridgehead atoms. The Morgan fingerprint density at radius 1 is 0.941 bits per heavy atom. The lowest BCUT2D eigenvalue weighted by Crippen LogP contribution is -2.30. The van der Waals surface area contributed by atoms with Crippen molar-refractivity contribution < 1.29 is 19.1 Å². The molecular formula is C25H37Br2ClN2O4. The van der Waals surface area contributed by atoms with E-state index in [1.54, 1.807) is 13.8 Å². The second kappa shape index (κ2) is 23.3. The van der Waals surface area contributed by atoms with Gasteiger partial charge in [0.1, 0.15) is 10.2 Å². The molecule has 0 aliphatic rings. The van der Waals surface area contributed by atoms with Crippen molar-refractivity contribution in [2.24, 2.45) is 5.73 Å². The van der Waals surface area contributed by atoms with Crippen molar-refractivity contribution in [3.05, 3.63) is 71.8 Å². The molecule has 0 saturated carbocycles. The van der Waals surface area contributed by atoms with Crippen molar-refractivity contribution in [1.29, 1.82) is 0 Å². The summed E-state index contributed by atoms with van der Waals surface area (Å²) in [4.78, 5) is 21.7. The fourth-order valence-electron chi connectivity index (χ4n) is 2.16. The molecule has 6 nitrogen and oxygen atoms in total. The Balaban J connectivity index is 0. The van der Waals surface area contributed by atoms with E-state index in [1.807, 2.05) is 60.7 Å². The van der Waals surface area contributed by atoms with E-state index in [0.717, 1.165) is 5.56 Å². The maximum absolute atomic E-state index is 11.2. The quantitative estimate of drug-likeness (QED) is 0.271. The fourth-order valence-corrected chi connectivity index (χ4v) is 2.73. The lowest BCUT2D eigenvalue weighted by Gasteiger charge is -2.09. The first-order chi connectivity index (χ1) is 15.9. The van der Waals surface area contributed by atoms with Crippen LogP contribution in [-0.2, 0) is 32.2 Å². The zero-order valence-electron chi connectivity index (χ0n) is 19.0. The van der Waals surface area contributed by atoms with Gasteiger partial charge >= 0.3 is 11.9 Å². The average Bonchev–Trinajstić information content (AvgIpc) is 2.85. The number of hydrogen-bond donors (Lipinski definition) is 2. The number of alkyl halides is 3. The molecule has 34 heavy (non-hydrogen) atoms. The van der Waals surface area contributed by atoms with Gasteiger partial charge in [0, 0.05) is 25.0 Å². The molecule has 0 aliphatic carbocycles. The Morgan fingerprint density at radius 3 is 1.82 bits per heavy atom. The minimum absolute atomic E-state index is 0. The number of hydrogen-bond acceptors (Lipinski definition) is 6. The minimum atomic E-state index is -0.622. The molecule has 2 rings (SSSR count). The lowest BCUT2D eigenvalue weighted by atomic mass is 10.2. The van der Waals surface area contributed by atoms with E-state index >= 15 is 0 Å². The monoisotopic (exact) mass is 622 g/mol. The molecule has 0 radical (unpaired) electrons. The molecule has 0 saturated heterocycles. The molecule has 3 N–H and O–H groups in total. The summed E-state index contributed by atoms with van der Waals surface area (Å²) >= 11 is 12.1. The summed E-state index contributed by atoms with van der Waals surface area (Å²) in [6, 6.07) is 19.9. The van der Waals surface area contributed by atoms with Gasteiger partial charge in [0.25, 0.3) is 0 Å². The fraction of sp³-hybridized carbons (Fsp3) is 0.440. The van der Waals surface area contributed by atoms with E-state index in [9.17, 15) is 9.59 Å². The summed E-state index contributed by atoms with van der Waals surface area (Å²) in [5, 5.41) is 3.08. The predicted molar refractivity (Wildman–Crippen MR) is 149 cm³/mol. The number of nitrogens with two attached hydrogens (primary N) is 1. The number of rotatable bonds is 10. The van der Waals surface area contributed by atoms with Crippen LogP contribution in [-0.4, -0.2) is 47.2 Å². The predicted octanol–water partition coefficient (Wildman–Crippen LogP) is 5.44. The van der Waals surface area contributed by atoms with Crippen molar-refractivity contribution in [2.45, 2.75) is 44.6 Å². The van der Waals surface area contributed by atoms with Crippen LogP contribution in [0.1, 0.15) is 32.4 Å². The molecule has 0 amide bonds. The number of carbonyl (C=O) groups is 2. The Bertz CT molecular complexity index is 755. The molecule has 0 fully saturated rings. The first kappa shape index (κ1) is 34.7. The van der Waals surface area contributed by atoms with Gasteiger partial charge in [0.05, 0.1) is 13.2 Å². The van der Waals surface area contributed by atoms with E-state index in [4.69, 9.17) is 22.1 Å². The Hall–Kier alpha value is -1.45. The van der Waals surface area contributed by atoms with Gasteiger partial charge in [0.2, 0.25) is 0 Å². The van der Waals surface area contributed by atoms with Gasteiger partial charge in [-0.1, -0.05) is 100.0 Å². The van der Waals surface area contributed by atoms with E-state index in [-0.39, 0.29) is 24.2 Å². The largest absolute Gasteiger partial charge is 0.465 e. The van der Waals surface area contributed by atoms with Crippen LogP contribution in [0.3, 0.4) is 0 Å². The number of nitrogens with one attached hydrogen (secondary N) is 1. The van der Waals surface area contributed by atoms with Crippen LogP contribution in [0.15, 0.2) is 60.7 Å². The highest BCUT2D eigenvalue weighted by Gasteiger charge is 2.15. The molecule has 0 aromatic heterocycles. The summed E-state index contributed by atoms with van der Waals surface area (Å²) in [6.45, 7) is 6.10. The van der Waals surface area contributed by atoms with Crippen molar-refractivity contribution in [1.82, 2.24) is 5.32 Å². The first-order valence-corrected chi connectivity index (χ1v) is 13.0. The Labute approximate surface area is 226 Å². The minimum Gasteiger partial charge on any atom is -0.465 e. The van der Waals surface area contributed by atoms with E-state index in [1.165, 1.54) is 5.56 Å². The van der Waals surface area contributed by atoms with Crippen LogP contribution in [0.4, 0.5) is 0 Å². The van der Waals surface area contributed by atoms with E-state index in [2.05, 4.69) is 41.9 Å². The standard InChI is InChI=1S/C12H16ClNO2.C7H9N.C5H8Br2O2.CH4/c1-2-16-12(15)11(13)9-14-8-10-6-4-3-5-7-10;8-6-7-4-2-1-3-5-7;1-2-9-5(8)4(7)3-6;/h3-7,11,14H,2,8-9H2,1H3;1-5H,6,8H2;4H,2-3H2,1H3;1H4. The van der Waals surface area contributed by atoms with Crippen LogP contribution in [0.5, 0.6) is 0 Å². The molecule has 0 heterocycles. The van der Waals surface area contributed by atoms with Gasteiger partial charge in [-0.15, -0.1) is 11.6 Å². The summed E-state index contributed by atoms with van der Waals surface area (Å²) in [7, 11) is 0. The van der Waals surface area contributed by atoms with Gasteiger partial charge in [-0.3, -0.25) is 9.59 Å². The molecule has 2 unspecified atom stereocenters. The smallest absolute Gasteiger partial charge is 0.325 e. The van der Waals surface area contributed by atoms with Crippen molar-refractivity contribution in [3.8, 4) is 0 Å². The Morgan fingerprint density at radius 2 is 1.41 bits per heavy atom. The molecule has 2 atom stereocenters. The summed E-state index contributed by atoms with van der Waals surface area (Å²) in [5.74, 6) is -0.584. The molecule has 192 valence electrons. The molecule has 2 aromatic carbocycles. The SMILES string of the molecule is C.CCOC(=O)C(Br)CBr.CCOC(=O)C(Cl)CNCc1ccccc1.NCc1ccccc1. The first-order valence-electron chi connectivity index (χ1n) is 10.5. The van der Waals surface area contributed by atoms with E-state index < -0.39 is 5.38 Å². The molecular weight excluding hydrogens is 588 g/mol. The van der Waals surface area contributed by atoms with Gasteiger partial charge in [-0.25, -0.2) is 0 Å². The van der Waals surface area contributed by atoms with Crippen molar-refractivity contribution in [3.63, 3.8) is 0 Å². The normalized spacial score (nSPS) is 11.2. The number of halogens is 3. The summed E-state index contributed by atoms with van der Waals surface area (Å²) in [5.41, 5.74) is 7.70. The second-order valence-electron chi connectivity index (χ2n) is 6.40. The molecule has 0 spiro atoms. The van der Waals surface area contributed by atoms with E-state index in [0.29, 0.717) is 38.2 Å². The second-order valence-corrected chi connectivity index (χ2v) is 8.68. The van der Waals surface area contributed by atoms with Crippen LogP contribution >= 0.6 is 43.5 Å². The van der Waals surface area contributed by atoms with Gasteiger partial charge < -0.3 is 20.5 Å². The third-order valence-electron chi connectivity index (χ3n) is 3.79. The highest BCUT2D eigenvalue weighted by molar-refractivity contribution is 9.12. The average molecular weight is 625 g/mol. The van der Waals surface area contributed by atoms with Crippen LogP contribution in [0.2, 0.25) is 0 Å². The zero-order chi connectivity index (χ0) is 24.9. The van der Waals surface area contributed by atoms with Crippen molar-refractivity contribution >= 4 is 55.4 Å². The number of carbonyl (C=O) groups excluding carboxylic acids is 2. The Kier molecular flexibility index (Phi) is 23.8. The topological polar surface area (TPSA) is 90.6 Å². The highest BCUT2D eigenvalue weighted by atomic mass is 79.9. The molecule has 9 heteroatoms. The lowest BCUT2D eigenvalue weighted by molar-refractivity contribution is -0.143. The van der Waals surface area contributed by atoms with Gasteiger partial charge in [-0.05, 0) is 25.0 Å². The molecule has 0 aliphatic heterocycles. The number of ether oxygens (including phenoxy) is 2. The van der Waals surface area contributed by atoms with Gasteiger partial charge in [-0.2, -0.15) is 0 Å². The zero-order valence-corrected chi connectivity index (χ0v) is 22.9. The van der Waals surface area contributed by atoms with Gasteiger partial charge in [0.15, 0.2) is 0 Å². The van der Waals surface area contributed by atoms with Crippen LogP contribution < -0.4 is 11.1 Å². The third-order valence-corrected chi connectivity index (χ3v) is 6.34. The maximum Gasteiger partial charge on any atom is 0.325 e. The number of esters is 2. The summed E-state index contributed by atoms with van der Waals surface area (Å²) in [6.07, 6.45) is 0. The molecule has 2 aromatic rings. The van der Waals surface area contributed by atoms with Crippen LogP contribution in [0, 0.1) is 0 Å². The van der Waals surface area contributed by atoms with Crippen molar-refractivity contribution in [2.75, 3.05) is 25.1 Å². The number of benzene rings is 2. The summed E-state index contributed by atoms with van der Waals surface area (Å²) < 4.78 is 9.47.